The Kier molecular flexibility index (Phi) is 4.63. The van der Waals surface area contributed by atoms with Gasteiger partial charge in [-0.3, -0.25) is 9.36 Å². The Morgan fingerprint density at radius 1 is 1.14 bits per heavy atom. The van der Waals surface area contributed by atoms with E-state index in [4.69, 9.17) is 15.2 Å². The van der Waals surface area contributed by atoms with E-state index in [-0.39, 0.29) is 11.5 Å². The van der Waals surface area contributed by atoms with Gasteiger partial charge in [-0.15, -0.1) is 0 Å². The van der Waals surface area contributed by atoms with Gasteiger partial charge in [-0.1, -0.05) is 6.07 Å². The molecule has 0 fully saturated rings. The Morgan fingerprint density at radius 3 is 2.52 bits per heavy atom. The van der Waals surface area contributed by atoms with Crippen LogP contribution < -0.4 is 20.5 Å². The van der Waals surface area contributed by atoms with Gasteiger partial charge >= 0.3 is 0 Å². The maximum atomic E-state index is 13.3. The Morgan fingerprint density at radius 2 is 1.86 bits per heavy atom. The van der Waals surface area contributed by atoms with Gasteiger partial charge in [-0.05, 0) is 36.4 Å². The second-order valence-corrected chi connectivity index (χ2v) is 6.29. The molecule has 1 amide bonds. The van der Waals surface area contributed by atoms with Gasteiger partial charge < -0.3 is 20.5 Å². The monoisotopic (exact) mass is 395 g/mol. The Bertz CT molecular complexity index is 1110. The molecule has 1 aliphatic heterocycles. The standard InChI is InChI=1S/C20H18FN5O3/c1-28-14-8-3-11(9-15(14)29-2)19-24-16(18(22)27)17-20(25-19)26(10-23-17)13-6-4-12(21)5-7-13/h3-10,19,25H,1-2H3,(H2,22,27). The number of aromatic nitrogens is 2. The van der Waals surface area contributed by atoms with Gasteiger partial charge in [0.25, 0.3) is 5.91 Å². The van der Waals surface area contributed by atoms with Crippen LogP contribution in [0.25, 0.3) is 5.69 Å². The van der Waals surface area contributed by atoms with Crippen LogP contribution in [0.1, 0.15) is 17.4 Å². The molecule has 0 spiro atoms. The molecule has 0 saturated heterocycles. The number of amides is 1. The number of nitrogens with one attached hydrogen (secondary N) is 1. The molecule has 29 heavy (non-hydrogen) atoms. The molecular weight excluding hydrogens is 377 g/mol. The molecule has 1 aliphatic rings. The van der Waals surface area contributed by atoms with Crippen molar-refractivity contribution in [3.05, 3.63) is 65.9 Å². The summed E-state index contributed by atoms with van der Waals surface area (Å²) in [6, 6.07) is 11.2. The largest absolute Gasteiger partial charge is 0.493 e. The van der Waals surface area contributed by atoms with E-state index in [2.05, 4.69) is 15.3 Å². The van der Waals surface area contributed by atoms with Crippen molar-refractivity contribution in [2.45, 2.75) is 6.17 Å². The fourth-order valence-corrected chi connectivity index (χ4v) is 3.17. The third kappa shape index (κ3) is 3.27. The highest BCUT2D eigenvalue weighted by atomic mass is 19.1. The Hall–Kier alpha value is -3.88. The highest BCUT2D eigenvalue weighted by Gasteiger charge is 2.29. The summed E-state index contributed by atoms with van der Waals surface area (Å²) in [7, 11) is 3.09. The van der Waals surface area contributed by atoms with Crippen LogP contribution >= 0.6 is 0 Å². The van der Waals surface area contributed by atoms with Gasteiger partial charge in [-0.25, -0.2) is 14.4 Å². The second-order valence-electron chi connectivity index (χ2n) is 6.29. The lowest BCUT2D eigenvalue weighted by atomic mass is 10.1. The molecule has 148 valence electrons. The third-order valence-electron chi connectivity index (χ3n) is 4.58. The van der Waals surface area contributed by atoms with Crippen molar-refractivity contribution in [1.82, 2.24) is 9.55 Å². The van der Waals surface area contributed by atoms with E-state index in [0.29, 0.717) is 28.7 Å². The first kappa shape index (κ1) is 18.5. The number of halogens is 1. The predicted octanol–water partition coefficient (Wildman–Crippen LogP) is 2.43. The average molecular weight is 395 g/mol. The van der Waals surface area contributed by atoms with Crippen molar-refractivity contribution in [2.24, 2.45) is 10.7 Å². The van der Waals surface area contributed by atoms with Crippen LogP contribution in [0.4, 0.5) is 10.2 Å². The maximum absolute atomic E-state index is 13.3. The molecule has 2 heterocycles. The normalized spacial score (nSPS) is 15.1. The molecule has 2 aromatic carbocycles. The van der Waals surface area contributed by atoms with E-state index in [9.17, 15) is 9.18 Å². The van der Waals surface area contributed by atoms with Crippen LogP contribution in [0.2, 0.25) is 0 Å². The van der Waals surface area contributed by atoms with E-state index < -0.39 is 12.1 Å². The number of fused-ring (bicyclic) bond motifs is 1. The first-order valence-corrected chi connectivity index (χ1v) is 8.71. The summed E-state index contributed by atoms with van der Waals surface area (Å²) in [5, 5.41) is 3.26. The summed E-state index contributed by atoms with van der Waals surface area (Å²) < 4.78 is 25.6. The van der Waals surface area contributed by atoms with Crippen molar-refractivity contribution in [3.8, 4) is 17.2 Å². The van der Waals surface area contributed by atoms with E-state index in [1.165, 1.54) is 25.6 Å². The predicted molar refractivity (Wildman–Crippen MR) is 105 cm³/mol. The van der Waals surface area contributed by atoms with Crippen LogP contribution in [0, 0.1) is 5.82 Å². The molecule has 4 rings (SSSR count). The minimum absolute atomic E-state index is 0.0550. The number of imidazole rings is 1. The SMILES string of the molecule is COc1ccc(C2N=C(C(N)=O)c3ncn(-c4ccc(F)cc4)c3N2)cc1OC. The minimum Gasteiger partial charge on any atom is -0.493 e. The number of rotatable bonds is 5. The number of hydrogen-bond acceptors (Lipinski definition) is 6. The van der Waals surface area contributed by atoms with E-state index in [1.807, 2.05) is 6.07 Å². The maximum Gasteiger partial charge on any atom is 0.269 e. The minimum atomic E-state index is -0.692. The number of hydrogen-bond donors (Lipinski definition) is 2. The Labute approximate surface area is 165 Å². The molecule has 0 bridgehead atoms. The van der Waals surface area contributed by atoms with Gasteiger partial charge in [0.1, 0.15) is 29.8 Å². The molecule has 0 saturated carbocycles. The summed E-state index contributed by atoms with van der Waals surface area (Å²) in [6.07, 6.45) is 0.918. The van der Waals surface area contributed by atoms with E-state index >= 15 is 0 Å². The van der Waals surface area contributed by atoms with Gasteiger partial charge in [-0.2, -0.15) is 0 Å². The van der Waals surface area contributed by atoms with Crippen LogP contribution in [-0.4, -0.2) is 35.4 Å². The lowest BCUT2D eigenvalue weighted by Gasteiger charge is -2.24. The lowest BCUT2D eigenvalue weighted by molar-refractivity contribution is -0.112. The molecule has 1 unspecified atom stereocenters. The van der Waals surface area contributed by atoms with Crippen LogP contribution in [0.15, 0.2) is 53.8 Å². The number of anilines is 1. The molecule has 1 atom stereocenters. The van der Waals surface area contributed by atoms with Gasteiger partial charge in [0.15, 0.2) is 17.2 Å². The molecule has 9 heteroatoms. The number of carbonyl (C=O) groups excluding carboxylic acids is 1. The number of carbonyl (C=O) groups is 1. The molecule has 1 aromatic heterocycles. The second kappa shape index (κ2) is 7.27. The number of benzene rings is 2. The highest BCUT2D eigenvalue weighted by molar-refractivity contribution is 6.45. The number of methoxy groups -OCH3 is 2. The number of primary amides is 1. The molecular formula is C20H18FN5O3. The van der Waals surface area contributed by atoms with E-state index in [0.717, 1.165) is 5.56 Å². The zero-order valence-corrected chi connectivity index (χ0v) is 15.7. The van der Waals surface area contributed by atoms with Gasteiger partial charge in [0, 0.05) is 11.3 Å². The van der Waals surface area contributed by atoms with E-state index in [1.54, 1.807) is 35.9 Å². The summed E-state index contributed by atoms with van der Waals surface area (Å²) in [4.78, 5) is 20.7. The quantitative estimate of drug-likeness (QED) is 0.691. The molecule has 0 radical (unpaired) electrons. The fraction of sp³-hybridized carbons (Fsp3) is 0.150. The summed E-state index contributed by atoms with van der Waals surface area (Å²) in [6.45, 7) is 0. The molecule has 3 aromatic rings. The van der Waals surface area contributed by atoms with Gasteiger partial charge in [0.05, 0.1) is 14.2 Å². The van der Waals surface area contributed by atoms with Crippen LogP contribution in [0.3, 0.4) is 0 Å². The first-order valence-electron chi connectivity index (χ1n) is 8.71. The van der Waals surface area contributed by atoms with Crippen LogP contribution in [0.5, 0.6) is 11.5 Å². The summed E-state index contributed by atoms with van der Waals surface area (Å²) in [5.74, 6) is 0.588. The van der Waals surface area contributed by atoms with Crippen molar-refractivity contribution in [1.29, 1.82) is 0 Å². The van der Waals surface area contributed by atoms with Crippen molar-refractivity contribution >= 4 is 17.4 Å². The summed E-state index contributed by atoms with van der Waals surface area (Å²) in [5.41, 5.74) is 7.34. The molecule has 8 nitrogen and oxygen atoms in total. The summed E-state index contributed by atoms with van der Waals surface area (Å²) >= 11 is 0. The number of nitrogens with zero attached hydrogens (tertiary/aromatic N) is 3. The number of aliphatic imine (C=N–C) groups is 1. The number of ether oxygens (including phenoxy) is 2. The lowest BCUT2D eigenvalue weighted by Crippen LogP contribution is -2.31. The fourth-order valence-electron chi connectivity index (χ4n) is 3.17. The zero-order chi connectivity index (χ0) is 20.5. The average Bonchev–Trinajstić information content (AvgIpc) is 3.16. The Balaban J connectivity index is 1.80. The third-order valence-corrected chi connectivity index (χ3v) is 4.58. The first-order chi connectivity index (χ1) is 14.0. The van der Waals surface area contributed by atoms with Crippen molar-refractivity contribution < 1.29 is 18.7 Å². The topological polar surface area (TPSA) is 104 Å². The number of nitrogens with two attached hydrogens (primary N) is 1. The van der Waals surface area contributed by atoms with Crippen LogP contribution in [-0.2, 0) is 4.79 Å². The smallest absolute Gasteiger partial charge is 0.269 e. The van der Waals surface area contributed by atoms with Gasteiger partial charge in [0.2, 0.25) is 0 Å². The molecule has 0 aliphatic carbocycles. The zero-order valence-electron chi connectivity index (χ0n) is 15.7. The van der Waals surface area contributed by atoms with Crippen molar-refractivity contribution in [2.75, 3.05) is 19.5 Å². The van der Waals surface area contributed by atoms with Crippen molar-refractivity contribution in [3.63, 3.8) is 0 Å². The highest BCUT2D eigenvalue weighted by Crippen LogP contribution is 2.35. The molecule has 3 N–H and O–H groups in total.